The van der Waals surface area contributed by atoms with Crippen LogP contribution >= 0.6 is 11.6 Å². The molecule has 1 aromatic carbocycles. The van der Waals surface area contributed by atoms with E-state index in [2.05, 4.69) is 15.3 Å². The van der Waals surface area contributed by atoms with Gasteiger partial charge >= 0.3 is 0 Å². The molecule has 90 valence electrons. The maximum absolute atomic E-state index is 8.84. The molecule has 0 fully saturated rings. The van der Waals surface area contributed by atoms with Crippen LogP contribution in [0.15, 0.2) is 24.3 Å². The van der Waals surface area contributed by atoms with Gasteiger partial charge in [-0.3, -0.25) is 0 Å². The fourth-order valence-electron chi connectivity index (χ4n) is 1.51. The van der Waals surface area contributed by atoms with Gasteiger partial charge in [0.05, 0.1) is 0 Å². The molecular formula is C13H11ClN4. The van der Waals surface area contributed by atoms with Gasteiger partial charge in [-0.2, -0.15) is 5.26 Å². The van der Waals surface area contributed by atoms with E-state index in [1.165, 1.54) is 0 Å². The Morgan fingerprint density at radius 1 is 1.22 bits per heavy atom. The standard InChI is InChI=1S/C13H11ClN4/c1-8-3-4-10(5-12(8)14)18-13-6-11(7-15)16-9(2)17-13/h3-6H,1-2H3,(H,16,17,18). The Hall–Kier alpha value is -2.12. The zero-order valence-electron chi connectivity index (χ0n) is 10.0. The summed E-state index contributed by atoms with van der Waals surface area (Å²) >= 11 is 6.04. The van der Waals surface area contributed by atoms with Crippen LogP contribution in [0.3, 0.4) is 0 Å². The van der Waals surface area contributed by atoms with Gasteiger partial charge in [-0.25, -0.2) is 9.97 Å². The Morgan fingerprint density at radius 2 is 2.00 bits per heavy atom. The number of aryl methyl sites for hydroxylation is 2. The predicted molar refractivity (Wildman–Crippen MR) is 71.0 cm³/mol. The highest BCUT2D eigenvalue weighted by atomic mass is 35.5. The molecule has 2 rings (SSSR count). The molecule has 0 amide bonds. The van der Waals surface area contributed by atoms with Crippen LogP contribution in [0.1, 0.15) is 17.1 Å². The molecule has 0 bridgehead atoms. The number of rotatable bonds is 2. The summed E-state index contributed by atoms with van der Waals surface area (Å²) in [4.78, 5) is 8.20. The monoisotopic (exact) mass is 258 g/mol. The second-order valence-corrected chi connectivity index (χ2v) is 4.29. The molecule has 0 saturated carbocycles. The summed E-state index contributed by atoms with van der Waals surface area (Å²) < 4.78 is 0. The predicted octanol–water partition coefficient (Wildman–Crippen LogP) is 3.36. The molecule has 0 aliphatic heterocycles. The van der Waals surface area contributed by atoms with Crippen molar-refractivity contribution in [2.75, 3.05) is 5.32 Å². The minimum Gasteiger partial charge on any atom is -0.340 e. The molecule has 0 spiro atoms. The first kappa shape index (κ1) is 12.3. The highest BCUT2D eigenvalue weighted by Gasteiger charge is 2.03. The molecule has 0 radical (unpaired) electrons. The second kappa shape index (κ2) is 5.03. The first-order valence-electron chi connectivity index (χ1n) is 5.37. The van der Waals surface area contributed by atoms with E-state index in [-0.39, 0.29) is 0 Å². The van der Waals surface area contributed by atoms with Crippen molar-refractivity contribution in [3.8, 4) is 6.07 Å². The lowest BCUT2D eigenvalue weighted by molar-refractivity contribution is 1.04. The van der Waals surface area contributed by atoms with Crippen LogP contribution in [0.25, 0.3) is 0 Å². The van der Waals surface area contributed by atoms with E-state index in [1.54, 1.807) is 13.0 Å². The zero-order valence-corrected chi connectivity index (χ0v) is 10.8. The van der Waals surface area contributed by atoms with Gasteiger partial charge in [0, 0.05) is 16.8 Å². The summed E-state index contributed by atoms with van der Waals surface area (Å²) in [6, 6.07) is 9.24. The number of nitrogens with one attached hydrogen (secondary N) is 1. The number of hydrogen-bond acceptors (Lipinski definition) is 4. The third-order valence-corrected chi connectivity index (χ3v) is 2.80. The third kappa shape index (κ3) is 2.76. The van der Waals surface area contributed by atoms with Crippen LogP contribution in [0, 0.1) is 25.2 Å². The van der Waals surface area contributed by atoms with Crippen molar-refractivity contribution in [2.45, 2.75) is 13.8 Å². The number of aromatic nitrogens is 2. The summed E-state index contributed by atoms with van der Waals surface area (Å²) in [5.74, 6) is 1.13. The van der Waals surface area contributed by atoms with E-state index in [4.69, 9.17) is 16.9 Å². The lowest BCUT2D eigenvalue weighted by atomic mass is 10.2. The maximum Gasteiger partial charge on any atom is 0.146 e. The number of nitriles is 1. The molecule has 0 saturated heterocycles. The normalized spacial score (nSPS) is 9.89. The van der Waals surface area contributed by atoms with Gasteiger partial charge in [-0.1, -0.05) is 17.7 Å². The van der Waals surface area contributed by atoms with Gasteiger partial charge in [0.15, 0.2) is 0 Å². The topological polar surface area (TPSA) is 61.6 Å². The Kier molecular flexibility index (Phi) is 3.45. The minimum atomic E-state index is 0.336. The molecule has 1 N–H and O–H groups in total. The number of anilines is 2. The van der Waals surface area contributed by atoms with Crippen molar-refractivity contribution in [1.29, 1.82) is 5.26 Å². The molecule has 4 nitrogen and oxygen atoms in total. The quantitative estimate of drug-likeness (QED) is 0.897. The van der Waals surface area contributed by atoms with E-state index in [9.17, 15) is 0 Å². The second-order valence-electron chi connectivity index (χ2n) is 3.89. The van der Waals surface area contributed by atoms with Gasteiger partial charge in [0.1, 0.15) is 23.4 Å². The van der Waals surface area contributed by atoms with Crippen LogP contribution < -0.4 is 5.32 Å². The number of hydrogen-bond donors (Lipinski definition) is 1. The maximum atomic E-state index is 8.84. The Morgan fingerprint density at radius 3 is 2.67 bits per heavy atom. The van der Waals surface area contributed by atoms with Crippen molar-refractivity contribution < 1.29 is 0 Å². The van der Waals surface area contributed by atoms with Crippen LogP contribution in [-0.2, 0) is 0 Å². The van der Waals surface area contributed by atoms with Gasteiger partial charge in [-0.15, -0.1) is 0 Å². The number of nitrogens with zero attached hydrogens (tertiary/aromatic N) is 3. The van der Waals surface area contributed by atoms with Gasteiger partial charge < -0.3 is 5.32 Å². The molecule has 18 heavy (non-hydrogen) atoms. The summed E-state index contributed by atoms with van der Waals surface area (Å²) in [5, 5.41) is 12.6. The lowest BCUT2D eigenvalue weighted by Crippen LogP contribution is -1.99. The van der Waals surface area contributed by atoms with Crippen molar-refractivity contribution in [3.05, 3.63) is 46.4 Å². The van der Waals surface area contributed by atoms with E-state index in [0.29, 0.717) is 22.4 Å². The Balaban J connectivity index is 2.31. The largest absolute Gasteiger partial charge is 0.340 e. The summed E-state index contributed by atoms with van der Waals surface area (Å²) in [6.45, 7) is 3.68. The fourth-order valence-corrected chi connectivity index (χ4v) is 1.69. The van der Waals surface area contributed by atoms with Gasteiger partial charge in [0.2, 0.25) is 0 Å². The summed E-state index contributed by atoms with van der Waals surface area (Å²) in [5.41, 5.74) is 2.18. The molecule has 1 heterocycles. The minimum absolute atomic E-state index is 0.336. The molecule has 0 unspecified atom stereocenters. The highest BCUT2D eigenvalue weighted by Crippen LogP contribution is 2.22. The average molecular weight is 259 g/mol. The third-order valence-electron chi connectivity index (χ3n) is 2.40. The molecule has 0 aliphatic carbocycles. The fraction of sp³-hybridized carbons (Fsp3) is 0.154. The van der Waals surface area contributed by atoms with E-state index >= 15 is 0 Å². The summed E-state index contributed by atoms with van der Waals surface area (Å²) in [7, 11) is 0. The molecule has 0 atom stereocenters. The smallest absolute Gasteiger partial charge is 0.146 e. The van der Waals surface area contributed by atoms with Gasteiger partial charge in [0.25, 0.3) is 0 Å². The molecule has 2 aromatic rings. The molecule has 0 aliphatic rings. The Bertz CT molecular complexity index is 631. The van der Waals surface area contributed by atoms with Crippen LogP contribution in [0.2, 0.25) is 5.02 Å². The molecular weight excluding hydrogens is 248 g/mol. The van der Waals surface area contributed by atoms with Crippen molar-refractivity contribution in [3.63, 3.8) is 0 Å². The van der Waals surface area contributed by atoms with Crippen LogP contribution in [0.4, 0.5) is 11.5 Å². The summed E-state index contributed by atoms with van der Waals surface area (Å²) in [6.07, 6.45) is 0. The first-order chi connectivity index (χ1) is 8.58. The SMILES string of the molecule is Cc1nc(C#N)cc(Nc2ccc(C)c(Cl)c2)n1. The van der Waals surface area contributed by atoms with Gasteiger partial charge in [-0.05, 0) is 31.5 Å². The van der Waals surface area contributed by atoms with Crippen LogP contribution in [0.5, 0.6) is 0 Å². The number of halogens is 1. The van der Waals surface area contributed by atoms with Crippen molar-refractivity contribution >= 4 is 23.1 Å². The number of benzene rings is 1. The molecule has 5 heteroatoms. The Labute approximate surface area is 110 Å². The average Bonchev–Trinajstić information content (AvgIpc) is 2.33. The van der Waals surface area contributed by atoms with E-state index < -0.39 is 0 Å². The van der Waals surface area contributed by atoms with Crippen LogP contribution in [-0.4, -0.2) is 9.97 Å². The zero-order chi connectivity index (χ0) is 13.1. The first-order valence-corrected chi connectivity index (χ1v) is 5.75. The van der Waals surface area contributed by atoms with E-state index in [0.717, 1.165) is 11.3 Å². The molecule has 1 aromatic heterocycles. The van der Waals surface area contributed by atoms with Crippen molar-refractivity contribution in [1.82, 2.24) is 9.97 Å². The van der Waals surface area contributed by atoms with E-state index in [1.807, 2.05) is 31.2 Å². The lowest BCUT2D eigenvalue weighted by Gasteiger charge is -2.07. The van der Waals surface area contributed by atoms with Crippen molar-refractivity contribution in [2.24, 2.45) is 0 Å². The highest BCUT2D eigenvalue weighted by molar-refractivity contribution is 6.31.